The first kappa shape index (κ1) is 19.1. The maximum Gasteiger partial charge on any atom is 0.313 e. The SMILES string of the molecule is CC(=O)OC[C@@]12[C@H](O)C[C@@H](C)[C@]3(C[C@H](c4ccoc4)OC3=O)[C@H]1CCC[C@]21CO1. The average molecular weight is 404 g/mol. The molecule has 2 aliphatic heterocycles. The van der Waals surface area contributed by atoms with Gasteiger partial charge in [0, 0.05) is 18.9 Å². The minimum Gasteiger partial charge on any atom is -0.472 e. The Labute approximate surface area is 169 Å². The molecule has 5 rings (SSSR count). The standard InChI is InChI=1S/C22H28O7/c1-13-8-18(24)22(12-27-14(2)23)17(4-3-6-20(22)11-28-20)21(13)9-16(29-19(21)25)15-5-7-26-10-15/h5,7,10,13,16-18,24H,3-4,6,8-9,11-12H2,1-2H3/t13-,16-,17-,18-,20+,21-,22+/m1/s1. The number of cyclic esters (lactones) is 1. The maximum atomic E-state index is 13.5. The van der Waals surface area contributed by atoms with Crippen molar-refractivity contribution in [2.45, 2.75) is 63.8 Å². The van der Waals surface area contributed by atoms with Crippen LogP contribution in [-0.2, 0) is 23.8 Å². The normalized spacial score (nSPS) is 45.8. The lowest BCUT2D eigenvalue weighted by molar-refractivity contribution is -0.219. The molecule has 2 saturated heterocycles. The molecule has 2 spiro atoms. The third-order valence-electron chi connectivity index (χ3n) is 8.29. The molecule has 0 unspecified atom stereocenters. The fourth-order valence-corrected chi connectivity index (χ4v) is 6.80. The predicted molar refractivity (Wildman–Crippen MR) is 99.5 cm³/mol. The van der Waals surface area contributed by atoms with Crippen LogP contribution in [0.15, 0.2) is 23.0 Å². The van der Waals surface area contributed by atoms with Crippen LogP contribution in [0.3, 0.4) is 0 Å². The van der Waals surface area contributed by atoms with Gasteiger partial charge in [-0.15, -0.1) is 0 Å². The molecular formula is C22H28O7. The number of carbonyl (C=O) groups is 2. The second-order valence-electron chi connectivity index (χ2n) is 9.40. The van der Waals surface area contributed by atoms with Gasteiger partial charge in [0.2, 0.25) is 0 Å². The van der Waals surface area contributed by atoms with Crippen molar-refractivity contribution in [1.82, 2.24) is 0 Å². The molecule has 0 radical (unpaired) electrons. The molecule has 29 heavy (non-hydrogen) atoms. The summed E-state index contributed by atoms with van der Waals surface area (Å²) < 4.78 is 22.6. The van der Waals surface area contributed by atoms with Gasteiger partial charge < -0.3 is 23.7 Å². The Kier molecular flexibility index (Phi) is 4.17. The van der Waals surface area contributed by atoms with E-state index in [1.54, 1.807) is 12.5 Å². The molecule has 4 fully saturated rings. The lowest BCUT2D eigenvalue weighted by Crippen LogP contribution is -2.67. The fourth-order valence-electron chi connectivity index (χ4n) is 6.80. The summed E-state index contributed by atoms with van der Waals surface area (Å²) in [7, 11) is 0. The van der Waals surface area contributed by atoms with Gasteiger partial charge >= 0.3 is 11.9 Å². The Morgan fingerprint density at radius 1 is 1.41 bits per heavy atom. The van der Waals surface area contributed by atoms with E-state index in [-0.39, 0.29) is 36.5 Å². The lowest BCUT2D eigenvalue weighted by Gasteiger charge is -2.60. The van der Waals surface area contributed by atoms with E-state index in [0.29, 0.717) is 19.4 Å². The minimum absolute atomic E-state index is 0.0498. The van der Waals surface area contributed by atoms with E-state index in [1.165, 1.54) is 6.92 Å². The van der Waals surface area contributed by atoms with Gasteiger partial charge in [0.25, 0.3) is 0 Å². The van der Waals surface area contributed by atoms with Gasteiger partial charge in [0.05, 0.1) is 36.1 Å². The predicted octanol–water partition coefficient (Wildman–Crippen LogP) is 2.77. The first-order valence-electron chi connectivity index (χ1n) is 10.5. The van der Waals surface area contributed by atoms with Crippen LogP contribution in [-0.4, -0.2) is 42.0 Å². The highest BCUT2D eigenvalue weighted by atomic mass is 16.6. The van der Waals surface area contributed by atoms with Crippen LogP contribution < -0.4 is 0 Å². The van der Waals surface area contributed by atoms with Gasteiger partial charge in [-0.2, -0.15) is 0 Å². The second-order valence-corrected chi connectivity index (χ2v) is 9.40. The molecule has 2 aliphatic carbocycles. The smallest absolute Gasteiger partial charge is 0.313 e. The van der Waals surface area contributed by atoms with E-state index in [4.69, 9.17) is 18.6 Å². The Morgan fingerprint density at radius 2 is 2.21 bits per heavy atom. The molecule has 0 aromatic carbocycles. The van der Waals surface area contributed by atoms with E-state index in [9.17, 15) is 14.7 Å². The van der Waals surface area contributed by atoms with Crippen LogP contribution in [0.4, 0.5) is 0 Å². The largest absolute Gasteiger partial charge is 0.472 e. The first-order valence-corrected chi connectivity index (χ1v) is 10.5. The molecule has 1 aromatic heterocycles. The van der Waals surface area contributed by atoms with Gasteiger partial charge in [-0.25, -0.2) is 0 Å². The highest BCUT2D eigenvalue weighted by Crippen LogP contribution is 2.70. The number of ether oxygens (including phenoxy) is 3. The van der Waals surface area contributed by atoms with Gasteiger partial charge in [0.15, 0.2) is 0 Å². The maximum absolute atomic E-state index is 13.5. The Morgan fingerprint density at radius 3 is 2.86 bits per heavy atom. The zero-order valence-corrected chi connectivity index (χ0v) is 16.9. The van der Waals surface area contributed by atoms with Crippen molar-refractivity contribution in [2.75, 3.05) is 13.2 Å². The summed E-state index contributed by atoms with van der Waals surface area (Å²) >= 11 is 0. The third kappa shape index (κ3) is 2.43. The van der Waals surface area contributed by atoms with Crippen molar-refractivity contribution >= 4 is 11.9 Å². The van der Waals surface area contributed by atoms with Crippen molar-refractivity contribution in [3.63, 3.8) is 0 Å². The quantitative estimate of drug-likeness (QED) is 0.611. The molecule has 7 heteroatoms. The summed E-state index contributed by atoms with van der Waals surface area (Å²) in [5.74, 6) is -0.817. The average Bonchev–Trinajstić information content (AvgIpc) is 3.12. The van der Waals surface area contributed by atoms with Gasteiger partial charge in [-0.3, -0.25) is 9.59 Å². The number of carbonyl (C=O) groups excluding carboxylic acids is 2. The third-order valence-corrected chi connectivity index (χ3v) is 8.29. The van der Waals surface area contributed by atoms with Crippen molar-refractivity contribution in [3.05, 3.63) is 24.2 Å². The second kappa shape index (κ2) is 6.32. The van der Waals surface area contributed by atoms with Crippen molar-refractivity contribution < 1.29 is 33.3 Å². The number of aliphatic hydroxyl groups excluding tert-OH is 1. The molecule has 7 atom stereocenters. The highest BCUT2D eigenvalue weighted by Gasteiger charge is 2.77. The van der Waals surface area contributed by atoms with E-state index < -0.39 is 22.5 Å². The number of epoxide rings is 1. The zero-order valence-electron chi connectivity index (χ0n) is 16.9. The highest BCUT2D eigenvalue weighted by molar-refractivity contribution is 5.81. The minimum atomic E-state index is -0.784. The van der Waals surface area contributed by atoms with Gasteiger partial charge in [0.1, 0.15) is 18.3 Å². The van der Waals surface area contributed by atoms with E-state index in [0.717, 1.165) is 24.8 Å². The Bertz CT molecular complexity index is 813. The molecule has 7 nitrogen and oxygen atoms in total. The summed E-state index contributed by atoms with van der Waals surface area (Å²) in [6.07, 6.45) is 5.65. The number of esters is 2. The Balaban J connectivity index is 1.59. The van der Waals surface area contributed by atoms with Crippen molar-refractivity contribution in [2.24, 2.45) is 22.7 Å². The monoisotopic (exact) mass is 404 g/mol. The summed E-state index contributed by atoms with van der Waals surface area (Å²) in [4.78, 5) is 25.2. The summed E-state index contributed by atoms with van der Waals surface area (Å²) in [5, 5.41) is 11.4. The molecule has 4 aliphatic rings. The number of rotatable bonds is 3. The van der Waals surface area contributed by atoms with Crippen LogP contribution >= 0.6 is 0 Å². The molecule has 2 saturated carbocycles. The molecule has 158 valence electrons. The number of furan rings is 1. The van der Waals surface area contributed by atoms with E-state index in [2.05, 4.69) is 0 Å². The van der Waals surface area contributed by atoms with Gasteiger partial charge in [-0.05, 0) is 37.2 Å². The molecular weight excluding hydrogens is 376 g/mol. The number of fused-ring (bicyclic) bond motifs is 3. The summed E-state index contributed by atoms with van der Waals surface area (Å²) in [6.45, 7) is 4.02. The summed E-state index contributed by atoms with van der Waals surface area (Å²) in [6, 6.07) is 1.83. The molecule has 0 bridgehead atoms. The van der Waals surface area contributed by atoms with Crippen LogP contribution in [0, 0.1) is 22.7 Å². The topological polar surface area (TPSA) is 98.5 Å². The van der Waals surface area contributed by atoms with Crippen molar-refractivity contribution in [3.8, 4) is 0 Å². The van der Waals surface area contributed by atoms with E-state index in [1.807, 2.05) is 13.0 Å². The molecule has 0 amide bonds. The molecule has 1 aromatic rings. The molecule has 3 heterocycles. The summed E-state index contributed by atoms with van der Waals surface area (Å²) in [5.41, 5.74) is -1.19. The van der Waals surface area contributed by atoms with Crippen molar-refractivity contribution in [1.29, 1.82) is 0 Å². The first-order chi connectivity index (χ1) is 13.9. The van der Waals surface area contributed by atoms with Crippen LogP contribution in [0.5, 0.6) is 0 Å². The number of aliphatic hydroxyl groups is 1. The van der Waals surface area contributed by atoms with Crippen LogP contribution in [0.2, 0.25) is 0 Å². The Hall–Kier alpha value is -1.86. The molecule has 1 N–H and O–H groups in total. The number of hydrogen-bond donors (Lipinski definition) is 1. The lowest BCUT2D eigenvalue weighted by atomic mass is 9.42. The zero-order chi connectivity index (χ0) is 20.4. The van der Waals surface area contributed by atoms with Crippen LogP contribution in [0.1, 0.15) is 57.6 Å². The van der Waals surface area contributed by atoms with E-state index >= 15 is 0 Å². The van der Waals surface area contributed by atoms with Crippen LogP contribution in [0.25, 0.3) is 0 Å². The fraction of sp³-hybridized carbons (Fsp3) is 0.727. The van der Waals surface area contributed by atoms with Gasteiger partial charge in [-0.1, -0.05) is 13.3 Å². The number of hydrogen-bond acceptors (Lipinski definition) is 7.